The average Bonchev–Trinajstić information content (AvgIpc) is 2.47. The van der Waals surface area contributed by atoms with E-state index in [1.807, 2.05) is 0 Å². The zero-order chi connectivity index (χ0) is 17.4. The third-order valence-corrected chi connectivity index (χ3v) is 4.19. The zero-order valence-electron chi connectivity index (χ0n) is 11.7. The summed E-state index contributed by atoms with van der Waals surface area (Å²) in [7, 11) is -4.79. The molecular formula is C12H11F4NO5S. The van der Waals surface area contributed by atoms with Crippen molar-refractivity contribution >= 4 is 16.2 Å². The Morgan fingerprint density at radius 2 is 1.91 bits per heavy atom. The minimum absolute atomic E-state index is 0.0000255. The maximum atomic E-state index is 13.8. The smallest absolute Gasteiger partial charge is 0.453 e. The predicted octanol–water partition coefficient (Wildman–Crippen LogP) is 2.18. The molecule has 1 amide bonds. The van der Waals surface area contributed by atoms with Crippen LogP contribution >= 0.6 is 0 Å². The van der Waals surface area contributed by atoms with Gasteiger partial charge < -0.3 is 13.8 Å². The van der Waals surface area contributed by atoms with E-state index in [0.717, 1.165) is 24.1 Å². The quantitative estimate of drug-likeness (QED) is 0.461. The second kappa shape index (κ2) is 5.87. The summed E-state index contributed by atoms with van der Waals surface area (Å²) < 4.78 is 81.8. The lowest BCUT2D eigenvalue weighted by molar-refractivity contribution is -0.0500. The van der Waals surface area contributed by atoms with Crippen molar-refractivity contribution in [1.82, 2.24) is 4.90 Å². The fraction of sp³-hybridized carbons (Fsp3) is 0.417. The minimum Gasteiger partial charge on any atom is -0.453 e. The summed E-state index contributed by atoms with van der Waals surface area (Å²) in [5.41, 5.74) is -5.76. The van der Waals surface area contributed by atoms with Crippen molar-refractivity contribution in [3.63, 3.8) is 0 Å². The van der Waals surface area contributed by atoms with E-state index in [4.69, 9.17) is 0 Å². The van der Waals surface area contributed by atoms with E-state index in [1.54, 1.807) is 0 Å². The molecule has 1 heterocycles. The third kappa shape index (κ3) is 3.33. The van der Waals surface area contributed by atoms with E-state index in [0.29, 0.717) is 0 Å². The van der Waals surface area contributed by atoms with E-state index < -0.39 is 33.3 Å². The first kappa shape index (κ1) is 17.3. The van der Waals surface area contributed by atoms with Gasteiger partial charge in [0.05, 0.1) is 13.7 Å². The Hall–Kier alpha value is -2.04. The van der Waals surface area contributed by atoms with Crippen molar-refractivity contribution in [1.29, 1.82) is 0 Å². The Labute approximate surface area is 128 Å². The van der Waals surface area contributed by atoms with Gasteiger partial charge in [-0.2, -0.15) is 21.6 Å². The van der Waals surface area contributed by atoms with E-state index in [-0.39, 0.29) is 30.6 Å². The van der Waals surface area contributed by atoms with Crippen LogP contribution in [0.4, 0.5) is 22.4 Å². The highest BCUT2D eigenvalue weighted by Gasteiger charge is 2.49. The Bertz CT molecular complexity index is 732. The molecule has 6 nitrogen and oxygen atoms in total. The molecule has 2 rings (SSSR count). The van der Waals surface area contributed by atoms with Crippen LogP contribution in [0.5, 0.6) is 5.75 Å². The number of carbonyl (C=O) groups excluding carboxylic acids is 1. The molecular weight excluding hydrogens is 346 g/mol. The molecule has 1 aliphatic rings. The Morgan fingerprint density at radius 3 is 2.48 bits per heavy atom. The van der Waals surface area contributed by atoms with Gasteiger partial charge >= 0.3 is 21.7 Å². The molecule has 0 bridgehead atoms. The number of benzene rings is 1. The average molecular weight is 357 g/mol. The van der Waals surface area contributed by atoms with Gasteiger partial charge in [0.25, 0.3) is 0 Å². The van der Waals surface area contributed by atoms with Gasteiger partial charge in [-0.1, -0.05) is 0 Å². The molecule has 0 radical (unpaired) electrons. The molecule has 0 saturated heterocycles. The Kier molecular flexibility index (Phi) is 4.42. The first-order valence-electron chi connectivity index (χ1n) is 6.20. The molecule has 0 N–H and O–H groups in total. The first-order chi connectivity index (χ1) is 10.6. The maximum Gasteiger partial charge on any atom is 0.534 e. The third-order valence-electron chi connectivity index (χ3n) is 3.23. The number of nitrogens with zero attached hydrogens (tertiary/aromatic N) is 1. The van der Waals surface area contributed by atoms with Crippen molar-refractivity contribution in [2.24, 2.45) is 0 Å². The summed E-state index contributed by atoms with van der Waals surface area (Å²) in [4.78, 5) is 12.6. The number of ether oxygens (including phenoxy) is 1. The lowest BCUT2D eigenvalue weighted by Gasteiger charge is -2.29. The van der Waals surface area contributed by atoms with Crippen LogP contribution in [-0.4, -0.2) is 38.6 Å². The Morgan fingerprint density at radius 1 is 1.26 bits per heavy atom. The van der Waals surface area contributed by atoms with Crippen LogP contribution in [0.15, 0.2) is 12.1 Å². The molecule has 1 aromatic rings. The van der Waals surface area contributed by atoms with Gasteiger partial charge in [-0.25, -0.2) is 9.18 Å². The number of hydrogen-bond acceptors (Lipinski definition) is 5. The molecule has 11 heteroatoms. The molecule has 128 valence electrons. The lowest BCUT2D eigenvalue weighted by Crippen LogP contribution is -2.37. The van der Waals surface area contributed by atoms with Gasteiger partial charge in [0.15, 0.2) is 0 Å². The largest absolute Gasteiger partial charge is 0.534 e. The molecule has 1 aliphatic heterocycles. The molecule has 0 spiro atoms. The normalized spacial score (nSPS) is 15.1. The van der Waals surface area contributed by atoms with Crippen LogP contribution in [-0.2, 0) is 27.8 Å². The fourth-order valence-electron chi connectivity index (χ4n) is 2.13. The van der Waals surface area contributed by atoms with E-state index >= 15 is 0 Å². The summed E-state index contributed by atoms with van der Waals surface area (Å²) in [5.74, 6) is -1.39. The van der Waals surface area contributed by atoms with Gasteiger partial charge in [0.2, 0.25) is 0 Å². The summed E-state index contributed by atoms with van der Waals surface area (Å²) >= 11 is 0. The summed E-state index contributed by atoms with van der Waals surface area (Å²) in [6.45, 7) is -0.255. The van der Waals surface area contributed by atoms with Gasteiger partial charge in [-0.3, -0.25) is 0 Å². The molecule has 0 aliphatic carbocycles. The summed E-state index contributed by atoms with van der Waals surface area (Å²) in [6, 6.07) is 1.59. The van der Waals surface area contributed by atoms with E-state index in [1.165, 1.54) is 0 Å². The highest BCUT2D eigenvalue weighted by molar-refractivity contribution is 7.88. The van der Waals surface area contributed by atoms with Crippen molar-refractivity contribution < 1.29 is 39.7 Å². The number of halogens is 4. The van der Waals surface area contributed by atoms with Crippen LogP contribution < -0.4 is 4.18 Å². The van der Waals surface area contributed by atoms with Crippen LogP contribution in [0.25, 0.3) is 0 Å². The second-order valence-corrected chi connectivity index (χ2v) is 6.17. The first-order valence-corrected chi connectivity index (χ1v) is 7.61. The standard InChI is InChI=1S/C12H11F4NO5S/c1-21-11(18)17-5-4-7-8(6-17)10(3-2-9(7)13)22-23(19,20)12(14,15)16/h2-3H,4-6H2,1H3. The minimum atomic E-state index is -5.90. The number of carbonyl (C=O) groups is 1. The molecule has 0 fully saturated rings. The second-order valence-electron chi connectivity index (χ2n) is 4.63. The molecule has 1 aromatic carbocycles. The van der Waals surface area contributed by atoms with E-state index in [9.17, 15) is 30.8 Å². The molecule has 0 saturated carbocycles. The van der Waals surface area contributed by atoms with Crippen LogP contribution in [0, 0.1) is 5.82 Å². The highest BCUT2D eigenvalue weighted by atomic mass is 32.2. The van der Waals surface area contributed by atoms with Crippen molar-refractivity contribution in [2.75, 3.05) is 13.7 Å². The van der Waals surface area contributed by atoms with Crippen LogP contribution in [0.1, 0.15) is 11.1 Å². The highest BCUT2D eigenvalue weighted by Crippen LogP contribution is 2.34. The summed E-state index contributed by atoms with van der Waals surface area (Å²) in [5, 5.41) is 0. The lowest BCUT2D eigenvalue weighted by atomic mass is 9.98. The Balaban J connectivity index is 2.43. The fourth-order valence-corrected chi connectivity index (χ4v) is 2.62. The number of amides is 1. The van der Waals surface area contributed by atoms with Gasteiger partial charge in [-0.15, -0.1) is 0 Å². The maximum absolute atomic E-state index is 13.8. The number of alkyl halides is 3. The van der Waals surface area contributed by atoms with Gasteiger partial charge in [0.1, 0.15) is 11.6 Å². The monoisotopic (exact) mass is 357 g/mol. The molecule has 23 heavy (non-hydrogen) atoms. The van der Waals surface area contributed by atoms with Gasteiger partial charge in [-0.05, 0) is 24.1 Å². The summed E-state index contributed by atoms with van der Waals surface area (Å²) in [6.07, 6.45) is -0.788. The van der Waals surface area contributed by atoms with E-state index in [2.05, 4.69) is 8.92 Å². The number of rotatable bonds is 2. The number of methoxy groups -OCH3 is 1. The molecule has 0 unspecified atom stereocenters. The number of fused-ring (bicyclic) bond motifs is 1. The number of hydrogen-bond donors (Lipinski definition) is 0. The van der Waals surface area contributed by atoms with Gasteiger partial charge in [0, 0.05) is 12.1 Å². The predicted molar refractivity (Wildman–Crippen MR) is 68.5 cm³/mol. The van der Waals surface area contributed by atoms with Crippen LogP contribution in [0.3, 0.4) is 0 Å². The van der Waals surface area contributed by atoms with Crippen molar-refractivity contribution in [3.05, 3.63) is 29.1 Å². The van der Waals surface area contributed by atoms with Crippen LogP contribution in [0.2, 0.25) is 0 Å². The zero-order valence-corrected chi connectivity index (χ0v) is 12.5. The topological polar surface area (TPSA) is 72.9 Å². The molecule has 0 aromatic heterocycles. The van der Waals surface area contributed by atoms with Crippen molar-refractivity contribution in [2.45, 2.75) is 18.5 Å². The van der Waals surface area contributed by atoms with Crippen molar-refractivity contribution in [3.8, 4) is 5.75 Å². The molecule has 0 atom stereocenters. The SMILES string of the molecule is COC(=O)N1CCc2c(F)ccc(OS(=O)(=O)C(F)(F)F)c2C1.